The molecule has 212 valence electrons. The topological polar surface area (TPSA) is 170 Å². The van der Waals surface area contributed by atoms with Gasteiger partial charge >= 0.3 is 11.9 Å². The molecule has 4 fully saturated rings. The second-order valence-corrected chi connectivity index (χ2v) is 11.4. The van der Waals surface area contributed by atoms with Crippen LogP contribution in [-0.2, 0) is 23.9 Å². The molecule has 2 saturated heterocycles. The molecule has 0 aromatic rings. The largest absolute Gasteiger partial charge is 0.466 e. The molecule has 0 spiro atoms. The van der Waals surface area contributed by atoms with Crippen LogP contribution in [0.1, 0.15) is 58.3 Å². The van der Waals surface area contributed by atoms with E-state index in [4.69, 9.17) is 15.2 Å². The van der Waals surface area contributed by atoms with Gasteiger partial charge in [-0.15, -0.1) is 0 Å². The van der Waals surface area contributed by atoms with Crippen molar-refractivity contribution in [3.8, 4) is 0 Å². The average Bonchev–Trinajstić information content (AvgIpc) is 3.65. The number of quaternary nitrogens is 2. The third-order valence-electron chi connectivity index (χ3n) is 9.10. The van der Waals surface area contributed by atoms with Gasteiger partial charge < -0.3 is 20.1 Å². The molecule has 0 radical (unpaired) electrons. The minimum atomic E-state index is -1.79. The van der Waals surface area contributed by atoms with Crippen molar-refractivity contribution in [1.82, 2.24) is 10.6 Å². The number of Topliss-reactive ketones (excluding diaryl/α,β-unsaturated/α-hetero) is 2. The summed E-state index contributed by atoms with van der Waals surface area (Å²) >= 11 is 0. The number of rotatable bonds is 10. The number of carbonyl (C=O) groups is 3. The highest BCUT2D eigenvalue weighted by Crippen LogP contribution is 2.61. The number of esters is 1. The summed E-state index contributed by atoms with van der Waals surface area (Å²) in [5.41, 5.74) is 3.97. The average molecular weight is 536 g/mol. The molecule has 0 aromatic heterocycles. The molecular formula is C27H47N6O5+3. The number of ether oxygens (including phenoxy) is 2. The van der Waals surface area contributed by atoms with Gasteiger partial charge in [0, 0.05) is 43.4 Å². The molecule has 7 atom stereocenters. The molecule has 0 aromatic carbocycles. The van der Waals surface area contributed by atoms with Crippen molar-refractivity contribution in [3.05, 3.63) is 11.6 Å². The predicted molar refractivity (Wildman–Crippen MR) is 139 cm³/mol. The molecule has 0 bridgehead atoms. The van der Waals surface area contributed by atoms with E-state index in [0.717, 1.165) is 50.9 Å². The van der Waals surface area contributed by atoms with Gasteiger partial charge in [-0.2, -0.15) is 0 Å². The van der Waals surface area contributed by atoms with Gasteiger partial charge in [-0.25, -0.2) is 10.1 Å². The monoisotopic (exact) mass is 535 g/mol. The predicted octanol–water partition coefficient (Wildman–Crippen LogP) is -3.63. The highest BCUT2D eigenvalue weighted by atomic mass is 16.7. The van der Waals surface area contributed by atoms with Crippen LogP contribution in [0.3, 0.4) is 0 Å². The lowest BCUT2D eigenvalue weighted by Gasteiger charge is -2.36. The summed E-state index contributed by atoms with van der Waals surface area (Å²) in [4.78, 5) is 43.1. The molecule has 2 saturated carbocycles. The van der Waals surface area contributed by atoms with E-state index < -0.39 is 23.1 Å². The van der Waals surface area contributed by atoms with Crippen LogP contribution in [0.25, 0.3) is 0 Å². The number of hydrogen-bond donors (Lipinski definition) is 6. The normalized spacial score (nSPS) is 36.2. The van der Waals surface area contributed by atoms with E-state index in [-0.39, 0.29) is 29.9 Å². The molecule has 2 aliphatic carbocycles. The zero-order chi connectivity index (χ0) is 27.5. The van der Waals surface area contributed by atoms with Crippen LogP contribution in [0.15, 0.2) is 11.6 Å². The Hall–Kier alpha value is -2.34. The lowest BCUT2D eigenvalue weighted by molar-refractivity contribution is -0.717. The first-order valence-electron chi connectivity index (χ1n) is 14.2. The quantitative estimate of drug-likeness (QED) is 0.0317. The van der Waals surface area contributed by atoms with E-state index in [1.165, 1.54) is 7.11 Å². The van der Waals surface area contributed by atoms with Gasteiger partial charge in [-0.1, -0.05) is 24.5 Å². The number of epoxide rings is 1. The highest BCUT2D eigenvalue weighted by Gasteiger charge is 2.86. The number of nitrogens with two attached hydrogens (primary N) is 3. The number of carbonyl (C=O) groups excluding carboxylic acids is 3. The summed E-state index contributed by atoms with van der Waals surface area (Å²) in [6.45, 7) is 3.93. The van der Waals surface area contributed by atoms with Crippen LogP contribution in [-0.4, -0.2) is 81.3 Å². The molecule has 4 unspecified atom stereocenters. The van der Waals surface area contributed by atoms with Crippen molar-refractivity contribution in [2.75, 3.05) is 34.4 Å². The minimum absolute atomic E-state index is 0.0942. The number of nitrogens with one attached hydrogen (secondary N) is 3. The summed E-state index contributed by atoms with van der Waals surface area (Å²) in [5.74, 6) is -1.01. The number of ketones is 2. The third kappa shape index (κ3) is 5.13. The molecule has 2 aliphatic heterocycles. The van der Waals surface area contributed by atoms with Crippen LogP contribution in [0.5, 0.6) is 0 Å². The van der Waals surface area contributed by atoms with Crippen LogP contribution < -0.4 is 32.0 Å². The summed E-state index contributed by atoms with van der Waals surface area (Å²) < 4.78 is 10.9. The van der Waals surface area contributed by atoms with Crippen molar-refractivity contribution in [3.63, 3.8) is 0 Å². The third-order valence-corrected chi connectivity index (χ3v) is 9.10. The fraction of sp³-hybridized carbons (Fsp3) is 0.778. The van der Waals surface area contributed by atoms with Gasteiger partial charge in [0.1, 0.15) is 12.8 Å². The van der Waals surface area contributed by atoms with Gasteiger partial charge in [0.25, 0.3) is 5.60 Å². The first kappa shape index (κ1) is 28.7. The maximum absolute atomic E-state index is 13.7. The lowest BCUT2D eigenvalue weighted by Crippen LogP contribution is -2.98. The Balaban J connectivity index is 1.52. The number of guanidine groups is 1. The maximum atomic E-state index is 13.7. The number of piperidine rings is 1. The van der Waals surface area contributed by atoms with E-state index in [0.29, 0.717) is 30.9 Å². The summed E-state index contributed by atoms with van der Waals surface area (Å²) in [6, 6.07) is 0.0942. The Morgan fingerprint density at radius 1 is 1.29 bits per heavy atom. The van der Waals surface area contributed by atoms with Crippen LogP contribution in [0.2, 0.25) is 0 Å². The summed E-state index contributed by atoms with van der Waals surface area (Å²) in [5, 5.41) is 11.5. The Bertz CT molecular complexity index is 985. The van der Waals surface area contributed by atoms with Gasteiger partial charge in [-0.05, 0) is 19.8 Å². The van der Waals surface area contributed by atoms with E-state index in [2.05, 4.69) is 26.3 Å². The van der Waals surface area contributed by atoms with Gasteiger partial charge in [0.15, 0.2) is 17.2 Å². The standard InChI is InChI=1S/C27H44N6O5/c1-16(13-20(33-25(28)30-3)17-10-12-31-21(14-17)32-15-29-2)9-11-26-22(34)18-7-5-6-8-19(18)23(35)27(26,38-26)24(36)37-4/h9,17-21,29,31-32H,5-8,10-15H2,1-4H3,(H3,28,30,33)/p+3/t17?,18?,19?,20-,21?,26-,27-/m0/s1. The first-order valence-corrected chi connectivity index (χ1v) is 14.2. The Morgan fingerprint density at radius 2 is 2.00 bits per heavy atom. The molecule has 2 heterocycles. The molecule has 11 nitrogen and oxygen atoms in total. The smallest absolute Gasteiger partial charge is 0.349 e. The fourth-order valence-corrected chi connectivity index (χ4v) is 6.97. The molecule has 9 N–H and O–H groups in total. The van der Waals surface area contributed by atoms with Gasteiger partial charge in [-0.3, -0.25) is 25.6 Å². The summed E-state index contributed by atoms with van der Waals surface area (Å²) in [6.07, 6.45) is 8.40. The molecular weight excluding hydrogens is 488 g/mol. The van der Waals surface area contributed by atoms with Crippen LogP contribution in [0, 0.1) is 17.8 Å². The number of methoxy groups -OCH3 is 1. The minimum Gasteiger partial charge on any atom is -0.466 e. The Labute approximate surface area is 225 Å². The van der Waals surface area contributed by atoms with E-state index in [1.54, 1.807) is 7.05 Å². The van der Waals surface area contributed by atoms with Crippen molar-refractivity contribution in [2.45, 2.75) is 81.7 Å². The zero-order valence-corrected chi connectivity index (χ0v) is 23.3. The molecule has 0 amide bonds. The van der Waals surface area contributed by atoms with E-state index >= 15 is 0 Å². The lowest BCUT2D eigenvalue weighted by atomic mass is 9.61. The number of hydrogen-bond acceptors (Lipinski definition) is 6. The van der Waals surface area contributed by atoms with Crippen molar-refractivity contribution < 1.29 is 39.5 Å². The fourth-order valence-electron chi connectivity index (χ4n) is 6.97. The second kappa shape index (κ2) is 11.8. The van der Waals surface area contributed by atoms with Crippen molar-refractivity contribution >= 4 is 23.5 Å². The Kier molecular flexibility index (Phi) is 8.91. The highest BCUT2D eigenvalue weighted by molar-refractivity contribution is 6.23. The second-order valence-electron chi connectivity index (χ2n) is 11.4. The summed E-state index contributed by atoms with van der Waals surface area (Å²) in [7, 11) is 5.08. The molecule has 4 aliphatic rings. The van der Waals surface area contributed by atoms with Gasteiger partial charge in [0.2, 0.25) is 0 Å². The van der Waals surface area contributed by atoms with Crippen molar-refractivity contribution in [1.29, 1.82) is 0 Å². The molecule has 38 heavy (non-hydrogen) atoms. The first-order chi connectivity index (χ1) is 18.2. The Morgan fingerprint density at radius 3 is 2.66 bits per heavy atom. The van der Waals surface area contributed by atoms with Crippen LogP contribution >= 0.6 is 0 Å². The van der Waals surface area contributed by atoms with E-state index in [1.807, 2.05) is 20.0 Å². The zero-order valence-electron chi connectivity index (χ0n) is 23.3. The van der Waals surface area contributed by atoms with E-state index in [9.17, 15) is 14.4 Å². The molecule has 4 rings (SSSR count). The van der Waals surface area contributed by atoms with Crippen molar-refractivity contribution in [2.24, 2.45) is 23.5 Å². The molecule has 11 heteroatoms. The maximum Gasteiger partial charge on any atom is 0.349 e. The SMILES string of the molecule is C[NH+]=C(N)N[C@@H](CC(C)=CC[C@@]12O[C@]1(C(=O)OC)C(=O)C1CCCCC1C2=O)C1CC[NH2+]C(NC[NH2+]C)C1. The van der Waals surface area contributed by atoms with Gasteiger partial charge in [0.05, 0.1) is 33.8 Å². The van der Waals surface area contributed by atoms with Crippen LogP contribution in [0.4, 0.5) is 0 Å². The number of fused-ring (bicyclic) bond motifs is 2.